The van der Waals surface area contributed by atoms with Crippen LogP contribution in [0.15, 0.2) is 55.1 Å². The summed E-state index contributed by atoms with van der Waals surface area (Å²) in [7, 11) is 0. The van der Waals surface area contributed by atoms with Gasteiger partial charge in [0.15, 0.2) is 0 Å². The van der Waals surface area contributed by atoms with Crippen molar-refractivity contribution in [2.45, 2.75) is 10.3 Å². The molecule has 1 aliphatic rings. The van der Waals surface area contributed by atoms with Crippen LogP contribution in [0.25, 0.3) is 0 Å². The average molecular weight is 531 g/mol. The normalized spacial score (nSPS) is 18.7. The molecule has 1 fully saturated rings. The van der Waals surface area contributed by atoms with Crippen LogP contribution in [0.4, 0.5) is 11.4 Å². The first-order valence-corrected chi connectivity index (χ1v) is 11.1. The number of anilines is 2. The summed E-state index contributed by atoms with van der Waals surface area (Å²) >= 11 is 31.1. The van der Waals surface area contributed by atoms with Gasteiger partial charge in [0.25, 0.3) is 5.91 Å². The second-order valence-electron chi connectivity index (χ2n) is 7.10. The molecule has 0 radical (unpaired) electrons. The second-order valence-corrected chi connectivity index (χ2v) is 9.82. The van der Waals surface area contributed by atoms with E-state index in [-0.39, 0.29) is 10.6 Å². The Kier molecular flexibility index (Phi) is 6.52. The van der Waals surface area contributed by atoms with E-state index in [2.05, 4.69) is 20.6 Å². The highest BCUT2D eigenvalue weighted by molar-refractivity contribution is 6.53. The lowest BCUT2D eigenvalue weighted by Crippen LogP contribution is -2.18. The van der Waals surface area contributed by atoms with Gasteiger partial charge in [0, 0.05) is 21.7 Å². The number of rotatable bonds is 5. The first-order valence-electron chi connectivity index (χ1n) is 9.17. The zero-order valence-corrected chi connectivity index (χ0v) is 19.7. The van der Waals surface area contributed by atoms with Crippen LogP contribution in [0.2, 0.25) is 15.1 Å². The fourth-order valence-corrected chi connectivity index (χ4v) is 4.96. The van der Waals surface area contributed by atoms with E-state index in [1.165, 1.54) is 30.9 Å². The number of hydrogen-bond donors (Lipinski definition) is 2. The van der Waals surface area contributed by atoms with Gasteiger partial charge >= 0.3 is 0 Å². The lowest BCUT2D eigenvalue weighted by molar-refractivity contribution is -0.117. The maximum atomic E-state index is 12.9. The number of nitrogens with one attached hydrogen (secondary N) is 2. The maximum absolute atomic E-state index is 12.9. The van der Waals surface area contributed by atoms with Crippen molar-refractivity contribution in [3.05, 3.63) is 81.3 Å². The Morgan fingerprint density at radius 3 is 2.19 bits per heavy atom. The van der Waals surface area contributed by atoms with E-state index in [1.807, 2.05) is 0 Å². The summed E-state index contributed by atoms with van der Waals surface area (Å²) < 4.78 is -1.32. The Balaban J connectivity index is 1.51. The molecule has 1 aliphatic carbocycles. The van der Waals surface area contributed by atoms with Gasteiger partial charge in [-0.05, 0) is 42.0 Å². The van der Waals surface area contributed by atoms with Crippen molar-refractivity contribution in [2.75, 3.05) is 10.6 Å². The topological polar surface area (TPSA) is 84.0 Å². The number of benzene rings is 2. The lowest BCUT2D eigenvalue weighted by Gasteiger charge is -2.10. The van der Waals surface area contributed by atoms with Gasteiger partial charge in [-0.3, -0.25) is 9.59 Å². The summed E-state index contributed by atoms with van der Waals surface area (Å²) in [5.74, 6) is -2.13. The molecular weight excluding hydrogens is 518 g/mol. The molecule has 1 aromatic heterocycles. The first kappa shape index (κ1) is 23.1. The van der Waals surface area contributed by atoms with Crippen LogP contribution >= 0.6 is 58.0 Å². The van der Waals surface area contributed by atoms with Gasteiger partial charge in [-0.25, -0.2) is 9.97 Å². The summed E-state index contributed by atoms with van der Waals surface area (Å²) in [5, 5.41) is 6.42. The Bertz CT molecular complexity index is 1190. The van der Waals surface area contributed by atoms with E-state index >= 15 is 0 Å². The van der Waals surface area contributed by atoms with Crippen LogP contribution in [-0.4, -0.2) is 26.1 Å². The third kappa shape index (κ3) is 4.80. The molecule has 0 saturated heterocycles. The van der Waals surface area contributed by atoms with Gasteiger partial charge in [-0.2, -0.15) is 0 Å². The molecule has 6 nitrogen and oxygen atoms in total. The zero-order valence-electron chi connectivity index (χ0n) is 16.0. The van der Waals surface area contributed by atoms with Gasteiger partial charge in [0.05, 0.1) is 34.6 Å². The molecule has 2 atom stereocenters. The molecule has 0 unspecified atom stereocenters. The van der Waals surface area contributed by atoms with Crippen LogP contribution in [0.3, 0.4) is 0 Å². The number of nitrogens with zero attached hydrogens (tertiary/aromatic N) is 2. The summed E-state index contributed by atoms with van der Waals surface area (Å²) in [5.41, 5.74) is 1.57. The third-order valence-corrected chi connectivity index (χ3v) is 6.58. The fourth-order valence-electron chi connectivity index (χ4n) is 3.38. The number of halogens is 5. The standard InChI is InChI=1S/C21H13Cl5N4O2/c22-11-3-10(4-12(23)5-11)17-18(21(17,25)26)20(32)29-13-1-2-16(24)15(6-13)19(31)30-14-7-27-9-28-8-14/h1-9,17-18H,(H,29,32)(H,30,31)/t17-,18+/m0/s1. The number of aromatic nitrogens is 2. The molecule has 0 aliphatic heterocycles. The maximum Gasteiger partial charge on any atom is 0.257 e. The quantitative estimate of drug-likeness (QED) is 0.384. The van der Waals surface area contributed by atoms with Crippen molar-refractivity contribution in [1.29, 1.82) is 0 Å². The van der Waals surface area contributed by atoms with E-state index in [9.17, 15) is 9.59 Å². The largest absolute Gasteiger partial charge is 0.326 e. The molecular formula is C21H13Cl5N4O2. The summed E-state index contributed by atoms with van der Waals surface area (Å²) in [6, 6.07) is 9.45. The van der Waals surface area contributed by atoms with Crippen molar-refractivity contribution in [2.24, 2.45) is 5.92 Å². The van der Waals surface area contributed by atoms with Gasteiger partial charge in [-0.15, -0.1) is 23.2 Å². The third-order valence-electron chi connectivity index (χ3n) is 4.88. The molecule has 2 amide bonds. The predicted molar refractivity (Wildman–Crippen MR) is 127 cm³/mol. The summed E-state index contributed by atoms with van der Waals surface area (Å²) in [6.45, 7) is 0. The number of amides is 2. The van der Waals surface area contributed by atoms with Gasteiger partial charge in [0.1, 0.15) is 10.7 Å². The monoisotopic (exact) mass is 528 g/mol. The van der Waals surface area contributed by atoms with E-state index in [0.29, 0.717) is 27.0 Å². The van der Waals surface area contributed by atoms with Crippen molar-refractivity contribution >= 4 is 81.2 Å². The summed E-state index contributed by atoms with van der Waals surface area (Å²) in [4.78, 5) is 33.2. The first-order chi connectivity index (χ1) is 15.2. The Labute approximate surface area is 208 Å². The molecule has 2 N–H and O–H groups in total. The van der Waals surface area contributed by atoms with Crippen LogP contribution in [0.1, 0.15) is 21.8 Å². The molecule has 0 bridgehead atoms. The average Bonchev–Trinajstić information content (AvgIpc) is 3.31. The minimum atomic E-state index is -1.32. The minimum absolute atomic E-state index is 0.158. The smallest absolute Gasteiger partial charge is 0.257 e. The molecule has 0 spiro atoms. The molecule has 3 aromatic rings. The van der Waals surface area contributed by atoms with E-state index in [4.69, 9.17) is 58.0 Å². The molecule has 164 valence electrons. The highest BCUT2D eigenvalue weighted by atomic mass is 35.5. The van der Waals surface area contributed by atoms with Crippen LogP contribution in [0.5, 0.6) is 0 Å². The SMILES string of the molecule is O=C(Nc1cncnc1)c1cc(NC(=O)[C@H]2[C@H](c3cc(Cl)cc(Cl)c3)C2(Cl)Cl)ccc1Cl. The molecule has 1 saturated carbocycles. The van der Waals surface area contributed by atoms with Crippen molar-refractivity contribution in [1.82, 2.24) is 9.97 Å². The molecule has 11 heteroatoms. The highest BCUT2D eigenvalue weighted by Gasteiger charge is 2.67. The Hall–Kier alpha value is -2.09. The fraction of sp³-hybridized carbons (Fsp3) is 0.143. The lowest BCUT2D eigenvalue weighted by atomic mass is 10.1. The minimum Gasteiger partial charge on any atom is -0.326 e. The van der Waals surface area contributed by atoms with E-state index in [0.717, 1.165) is 0 Å². The van der Waals surface area contributed by atoms with Crippen LogP contribution < -0.4 is 10.6 Å². The van der Waals surface area contributed by atoms with Gasteiger partial charge in [-0.1, -0.05) is 34.8 Å². The molecule has 32 heavy (non-hydrogen) atoms. The van der Waals surface area contributed by atoms with Crippen LogP contribution in [-0.2, 0) is 4.79 Å². The number of carbonyl (C=O) groups is 2. The number of carbonyl (C=O) groups excluding carboxylic acids is 2. The van der Waals surface area contributed by atoms with E-state index in [1.54, 1.807) is 24.3 Å². The van der Waals surface area contributed by atoms with Crippen molar-refractivity contribution < 1.29 is 9.59 Å². The van der Waals surface area contributed by atoms with E-state index < -0.39 is 28.0 Å². The zero-order chi connectivity index (χ0) is 23.0. The van der Waals surface area contributed by atoms with Crippen molar-refractivity contribution in [3.63, 3.8) is 0 Å². The molecule has 1 heterocycles. The highest BCUT2D eigenvalue weighted by Crippen LogP contribution is 2.65. The van der Waals surface area contributed by atoms with Gasteiger partial charge < -0.3 is 10.6 Å². The molecule has 2 aromatic carbocycles. The molecule has 4 rings (SSSR count). The number of hydrogen-bond acceptors (Lipinski definition) is 4. The second kappa shape index (κ2) is 9.04. The van der Waals surface area contributed by atoms with Gasteiger partial charge in [0.2, 0.25) is 5.91 Å². The predicted octanol–water partition coefficient (Wildman–Crippen LogP) is 6.22. The number of alkyl halides is 2. The Morgan fingerprint density at radius 2 is 1.53 bits per heavy atom. The summed E-state index contributed by atoms with van der Waals surface area (Å²) in [6.07, 6.45) is 4.23. The van der Waals surface area contributed by atoms with Crippen molar-refractivity contribution in [3.8, 4) is 0 Å². The van der Waals surface area contributed by atoms with Crippen LogP contribution in [0, 0.1) is 5.92 Å². The Morgan fingerprint density at radius 1 is 0.875 bits per heavy atom.